The maximum absolute atomic E-state index is 15.1. The lowest BCUT2D eigenvalue weighted by atomic mass is 9.95. The fourth-order valence-electron chi connectivity index (χ4n) is 4.38. The zero-order valence-corrected chi connectivity index (χ0v) is 16.8. The zero-order chi connectivity index (χ0) is 23.7. The summed E-state index contributed by atoms with van der Waals surface area (Å²) in [4.78, 5) is 36.4. The number of imide groups is 1. The van der Waals surface area contributed by atoms with Crippen LogP contribution < -0.4 is 16.6 Å². The van der Waals surface area contributed by atoms with Crippen LogP contribution in [0, 0.1) is 5.82 Å². The Morgan fingerprint density at radius 1 is 1.03 bits per heavy atom. The summed E-state index contributed by atoms with van der Waals surface area (Å²) >= 11 is 0. The Morgan fingerprint density at radius 2 is 1.76 bits per heavy atom. The molecule has 0 atom stereocenters. The SMILES string of the molecule is Nc1c2c(cc(=O)n1-c1ccc(-n3nc(C(F)(F)F)c4c3CCCC4)c(F)c1)C(=O)NC2=O. The van der Waals surface area contributed by atoms with Gasteiger partial charge in [0, 0.05) is 23.4 Å². The summed E-state index contributed by atoms with van der Waals surface area (Å²) in [5.74, 6) is -2.86. The Bertz CT molecular complexity index is 1420. The second-order valence-electron chi connectivity index (χ2n) is 7.80. The van der Waals surface area contributed by atoms with E-state index in [9.17, 15) is 27.6 Å². The molecular formula is C21H15F4N5O3. The number of carbonyl (C=O) groups excluding carboxylic acids is 2. The van der Waals surface area contributed by atoms with Gasteiger partial charge in [0.05, 0.1) is 16.8 Å². The molecule has 3 N–H and O–H groups in total. The fraction of sp³-hybridized carbons (Fsp3) is 0.238. The summed E-state index contributed by atoms with van der Waals surface area (Å²) in [5, 5.41) is 5.69. The number of nitrogens with zero attached hydrogens (tertiary/aromatic N) is 3. The number of hydrogen-bond acceptors (Lipinski definition) is 5. The maximum Gasteiger partial charge on any atom is 0.435 e. The van der Waals surface area contributed by atoms with Crippen molar-refractivity contribution in [3.63, 3.8) is 0 Å². The second-order valence-corrected chi connectivity index (χ2v) is 7.80. The molecular weight excluding hydrogens is 446 g/mol. The summed E-state index contributed by atoms with van der Waals surface area (Å²) in [5.41, 5.74) is 3.83. The first-order valence-corrected chi connectivity index (χ1v) is 9.97. The molecule has 2 amide bonds. The topological polar surface area (TPSA) is 112 Å². The Morgan fingerprint density at radius 3 is 2.45 bits per heavy atom. The van der Waals surface area contributed by atoms with Crippen molar-refractivity contribution in [3.05, 3.63) is 68.5 Å². The molecule has 2 aromatic heterocycles. The standard InChI is InChI=1S/C21H15F4N5O3/c22-12-7-9(29-15(31)8-11-16(18(29)26)20(33)27-19(11)32)5-6-14(12)30-13-4-2-1-3-10(13)17(28-30)21(23,24)25/h5-8H,1-4,26H2,(H,27,32,33). The lowest BCUT2D eigenvalue weighted by molar-refractivity contribution is -0.142. The highest BCUT2D eigenvalue weighted by Crippen LogP contribution is 2.37. The van der Waals surface area contributed by atoms with Gasteiger partial charge in [-0.3, -0.25) is 24.3 Å². The Labute approximate surface area is 182 Å². The first-order valence-electron chi connectivity index (χ1n) is 9.97. The summed E-state index contributed by atoms with van der Waals surface area (Å²) < 4.78 is 57.4. The summed E-state index contributed by atoms with van der Waals surface area (Å²) in [7, 11) is 0. The van der Waals surface area contributed by atoms with Gasteiger partial charge >= 0.3 is 6.18 Å². The minimum absolute atomic E-state index is 0.0620. The second kappa shape index (κ2) is 7.02. The van der Waals surface area contributed by atoms with Crippen molar-refractivity contribution in [2.45, 2.75) is 31.9 Å². The molecule has 5 rings (SSSR count). The van der Waals surface area contributed by atoms with Gasteiger partial charge in [0.1, 0.15) is 11.5 Å². The molecule has 0 bridgehead atoms. The van der Waals surface area contributed by atoms with E-state index in [1.807, 2.05) is 5.32 Å². The third kappa shape index (κ3) is 3.12. The maximum atomic E-state index is 15.1. The van der Waals surface area contributed by atoms with Crippen molar-refractivity contribution in [3.8, 4) is 11.4 Å². The predicted molar refractivity (Wildman–Crippen MR) is 107 cm³/mol. The van der Waals surface area contributed by atoms with Crippen LogP contribution in [0.5, 0.6) is 0 Å². The van der Waals surface area contributed by atoms with Gasteiger partial charge in [-0.1, -0.05) is 0 Å². The van der Waals surface area contributed by atoms with Crippen LogP contribution in [0.3, 0.4) is 0 Å². The molecule has 2 aliphatic rings. The van der Waals surface area contributed by atoms with Gasteiger partial charge < -0.3 is 5.73 Å². The number of fused-ring (bicyclic) bond motifs is 2. The molecule has 3 heterocycles. The lowest BCUT2D eigenvalue weighted by Crippen LogP contribution is -2.24. The van der Waals surface area contributed by atoms with E-state index in [2.05, 4.69) is 5.10 Å². The van der Waals surface area contributed by atoms with Crippen LogP contribution >= 0.6 is 0 Å². The summed E-state index contributed by atoms with van der Waals surface area (Å²) in [6, 6.07) is 4.30. The van der Waals surface area contributed by atoms with Crippen LogP contribution in [0.1, 0.15) is 50.5 Å². The van der Waals surface area contributed by atoms with Crippen LogP contribution in [0.25, 0.3) is 11.4 Å². The highest BCUT2D eigenvalue weighted by Gasteiger charge is 2.40. The van der Waals surface area contributed by atoms with Gasteiger partial charge in [0.25, 0.3) is 17.4 Å². The molecule has 1 aromatic carbocycles. The Kier molecular flexibility index (Phi) is 4.45. The molecule has 0 spiro atoms. The first kappa shape index (κ1) is 20.9. The van der Waals surface area contributed by atoms with Crippen LogP contribution in [0.4, 0.5) is 23.4 Å². The molecule has 3 aromatic rings. The van der Waals surface area contributed by atoms with Gasteiger partial charge in [0.2, 0.25) is 0 Å². The van der Waals surface area contributed by atoms with Crippen LogP contribution in [-0.4, -0.2) is 26.2 Å². The molecule has 0 fully saturated rings. The minimum Gasteiger partial charge on any atom is -0.384 e. The van der Waals surface area contributed by atoms with E-state index in [0.717, 1.165) is 21.4 Å². The van der Waals surface area contributed by atoms with Gasteiger partial charge in [-0.05, 0) is 37.8 Å². The number of anilines is 1. The molecule has 0 unspecified atom stereocenters. The molecule has 0 saturated carbocycles. The summed E-state index contributed by atoms with van der Waals surface area (Å²) in [6.07, 6.45) is -2.92. The number of nitrogen functional groups attached to an aromatic ring is 1. The molecule has 0 radical (unpaired) electrons. The van der Waals surface area contributed by atoms with E-state index in [-0.39, 0.29) is 40.3 Å². The number of aromatic nitrogens is 3. The minimum atomic E-state index is -4.67. The largest absolute Gasteiger partial charge is 0.435 e. The van der Waals surface area contributed by atoms with Crippen molar-refractivity contribution in [2.24, 2.45) is 0 Å². The average molecular weight is 461 g/mol. The highest BCUT2D eigenvalue weighted by molar-refractivity contribution is 6.23. The first-order chi connectivity index (χ1) is 15.6. The smallest absolute Gasteiger partial charge is 0.384 e. The average Bonchev–Trinajstić information content (AvgIpc) is 3.26. The number of nitrogens with one attached hydrogen (secondary N) is 1. The molecule has 170 valence electrons. The van der Waals surface area contributed by atoms with Gasteiger partial charge in [-0.25, -0.2) is 9.07 Å². The third-order valence-electron chi connectivity index (χ3n) is 5.82. The zero-order valence-electron chi connectivity index (χ0n) is 16.8. The van der Waals surface area contributed by atoms with Crippen LogP contribution in [0.15, 0.2) is 29.1 Å². The van der Waals surface area contributed by atoms with E-state index in [4.69, 9.17) is 5.73 Å². The van der Waals surface area contributed by atoms with E-state index < -0.39 is 35.1 Å². The normalized spacial score (nSPS) is 15.4. The van der Waals surface area contributed by atoms with Crippen LogP contribution in [-0.2, 0) is 19.0 Å². The number of carbonyl (C=O) groups is 2. The number of benzene rings is 1. The Hall–Kier alpha value is -3.96. The van der Waals surface area contributed by atoms with E-state index in [0.29, 0.717) is 25.0 Å². The predicted octanol–water partition coefficient (Wildman–Crippen LogP) is 2.53. The molecule has 12 heteroatoms. The monoisotopic (exact) mass is 461 g/mol. The number of amides is 2. The third-order valence-corrected chi connectivity index (χ3v) is 5.82. The van der Waals surface area contributed by atoms with Crippen LogP contribution in [0.2, 0.25) is 0 Å². The van der Waals surface area contributed by atoms with Gasteiger partial charge in [0.15, 0.2) is 11.5 Å². The molecule has 8 nitrogen and oxygen atoms in total. The number of halogens is 4. The number of hydrogen-bond donors (Lipinski definition) is 2. The Balaban J connectivity index is 1.65. The van der Waals surface area contributed by atoms with Crippen molar-refractivity contribution in [2.75, 3.05) is 5.73 Å². The fourth-order valence-corrected chi connectivity index (χ4v) is 4.38. The molecule has 33 heavy (non-hydrogen) atoms. The van der Waals surface area contributed by atoms with Crippen molar-refractivity contribution in [1.29, 1.82) is 0 Å². The lowest BCUT2D eigenvalue weighted by Gasteiger charge is -2.16. The van der Waals surface area contributed by atoms with Crippen molar-refractivity contribution in [1.82, 2.24) is 19.7 Å². The van der Waals surface area contributed by atoms with Gasteiger partial charge in [-0.2, -0.15) is 18.3 Å². The van der Waals surface area contributed by atoms with Crippen molar-refractivity contribution < 1.29 is 27.2 Å². The number of rotatable bonds is 2. The van der Waals surface area contributed by atoms with E-state index in [1.165, 1.54) is 12.1 Å². The van der Waals surface area contributed by atoms with Crippen molar-refractivity contribution >= 4 is 17.6 Å². The molecule has 1 aliphatic heterocycles. The number of nitrogens with two attached hydrogens (primary N) is 1. The molecule has 0 saturated heterocycles. The number of pyridine rings is 1. The summed E-state index contributed by atoms with van der Waals surface area (Å²) in [6.45, 7) is 0. The highest BCUT2D eigenvalue weighted by atomic mass is 19.4. The van der Waals surface area contributed by atoms with Gasteiger partial charge in [-0.15, -0.1) is 0 Å². The number of alkyl halides is 3. The molecule has 1 aliphatic carbocycles. The quantitative estimate of drug-likeness (QED) is 0.450. The van der Waals surface area contributed by atoms with E-state index >= 15 is 4.39 Å². The van der Waals surface area contributed by atoms with E-state index in [1.54, 1.807) is 0 Å².